The first kappa shape index (κ1) is 14.7. The third kappa shape index (κ3) is 3.04. The van der Waals surface area contributed by atoms with Crippen LogP contribution in [0.15, 0.2) is 18.2 Å². The van der Waals surface area contributed by atoms with Gasteiger partial charge >= 0.3 is 5.97 Å². The van der Waals surface area contributed by atoms with Crippen LogP contribution in [0.25, 0.3) is 0 Å². The molecule has 0 bridgehead atoms. The molecular formula is C15H22N2O3. The fourth-order valence-corrected chi connectivity index (χ4v) is 2.40. The Kier molecular flexibility index (Phi) is 4.49. The van der Waals surface area contributed by atoms with Gasteiger partial charge in [0.2, 0.25) is 0 Å². The number of morpholine rings is 1. The third-order valence-electron chi connectivity index (χ3n) is 3.46. The van der Waals surface area contributed by atoms with Crippen LogP contribution in [0.3, 0.4) is 0 Å². The molecule has 1 aliphatic heterocycles. The number of benzene rings is 1. The maximum atomic E-state index is 11.7. The average Bonchev–Trinajstić information content (AvgIpc) is 2.42. The number of ether oxygens (including phenoxy) is 2. The van der Waals surface area contributed by atoms with Gasteiger partial charge in [-0.05, 0) is 39.0 Å². The molecule has 0 aromatic heterocycles. The second-order valence-electron chi connectivity index (χ2n) is 5.14. The van der Waals surface area contributed by atoms with Crippen LogP contribution >= 0.6 is 0 Å². The molecule has 1 fully saturated rings. The summed E-state index contributed by atoms with van der Waals surface area (Å²) in [4.78, 5) is 13.9. The van der Waals surface area contributed by atoms with E-state index >= 15 is 0 Å². The summed E-state index contributed by atoms with van der Waals surface area (Å²) >= 11 is 0. The molecule has 0 saturated carbocycles. The summed E-state index contributed by atoms with van der Waals surface area (Å²) in [7, 11) is 0. The van der Waals surface area contributed by atoms with Crippen molar-refractivity contribution in [3.05, 3.63) is 23.8 Å². The Morgan fingerprint density at radius 2 is 2.25 bits per heavy atom. The summed E-state index contributed by atoms with van der Waals surface area (Å²) in [6.07, 6.45) is 0.176. The Labute approximate surface area is 119 Å². The van der Waals surface area contributed by atoms with Crippen molar-refractivity contribution in [3.8, 4) is 0 Å². The minimum absolute atomic E-state index is 0.176. The highest BCUT2D eigenvalue weighted by Crippen LogP contribution is 2.28. The Morgan fingerprint density at radius 3 is 2.90 bits per heavy atom. The Balaban J connectivity index is 2.22. The van der Waals surface area contributed by atoms with Crippen LogP contribution < -0.4 is 10.6 Å². The number of nitrogens with two attached hydrogens (primary N) is 1. The van der Waals surface area contributed by atoms with Crippen LogP contribution in [0.2, 0.25) is 0 Å². The molecule has 110 valence electrons. The van der Waals surface area contributed by atoms with Crippen molar-refractivity contribution in [2.75, 3.05) is 30.4 Å². The number of anilines is 2. The molecule has 1 aromatic rings. The van der Waals surface area contributed by atoms with Crippen molar-refractivity contribution in [1.29, 1.82) is 0 Å². The molecule has 2 unspecified atom stereocenters. The number of hydrogen-bond donors (Lipinski definition) is 1. The van der Waals surface area contributed by atoms with E-state index in [-0.39, 0.29) is 18.1 Å². The first-order chi connectivity index (χ1) is 9.52. The molecule has 0 spiro atoms. The van der Waals surface area contributed by atoms with Crippen LogP contribution in [-0.2, 0) is 9.47 Å². The highest BCUT2D eigenvalue weighted by molar-refractivity contribution is 5.92. The second kappa shape index (κ2) is 6.13. The van der Waals surface area contributed by atoms with E-state index in [4.69, 9.17) is 15.2 Å². The van der Waals surface area contributed by atoms with E-state index in [1.54, 1.807) is 19.1 Å². The van der Waals surface area contributed by atoms with Gasteiger partial charge in [0.1, 0.15) is 0 Å². The number of carbonyl (C=O) groups is 1. The van der Waals surface area contributed by atoms with E-state index < -0.39 is 0 Å². The molecule has 2 atom stereocenters. The van der Waals surface area contributed by atoms with E-state index in [0.29, 0.717) is 24.5 Å². The van der Waals surface area contributed by atoms with Crippen LogP contribution in [0, 0.1) is 0 Å². The van der Waals surface area contributed by atoms with E-state index in [0.717, 1.165) is 12.2 Å². The van der Waals surface area contributed by atoms with Crippen molar-refractivity contribution in [2.24, 2.45) is 0 Å². The minimum atomic E-state index is -0.339. The van der Waals surface area contributed by atoms with Gasteiger partial charge in [-0.25, -0.2) is 4.79 Å². The summed E-state index contributed by atoms with van der Waals surface area (Å²) in [6.45, 7) is 7.77. The maximum Gasteiger partial charge on any atom is 0.338 e. The Bertz CT molecular complexity index is 490. The lowest BCUT2D eigenvalue weighted by atomic mass is 10.1. The number of hydrogen-bond acceptors (Lipinski definition) is 5. The van der Waals surface area contributed by atoms with Crippen LogP contribution in [0.5, 0.6) is 0 Å². The van der Waals surface area contributed by atoms with E-state index in [1.807, 2.05) is 13.0 Å². The molecule has 5 nitrogen and oxygen atoms in total. The van der Waals surface area contributed by atoms with Gasteiger partial charge in [0.25, 0.3) is 0 Å². The quantitative estimate of drug-likeness (QED) is 0.677. The molecule has 5 heteroatoms. The van der Waals surface area contributed by atoms with Gasteiger partial charge in [-0.2, -0.15) is 0 Å². The SMILES string of the molecule is CCOC(=O)c1ccc(N2CC(C)OCC2C)c(N)c1. The summed E-state index contributed by atoms with van der Waals surface area (Å²) in [6, 6.07) is 5.59. The van der Waals surface area contributed by atoms with E-state index in [9.17, 15) is 4.79 Å². The Hall–Kier alpha value is -1.75. The van der Waals surface area contributed by atoms with E-state index in [1.165, 1.54) is 0 Å². The zero-order valence-electron chi connectivity index (χ0n) is 12.3. The molecular weight excluding hydrogens is 256 g/mol. The highest BCUT2D eigenvalue weighted by atomic mass is 16.5. The number of esters is 1. The zero-order valence-corrected chi connectivity index (χ0v) is 12.3. The van der Waals surface area contributed by atoms with Crippen molar-refractivity contribution in [1.82, 2.24) is 0 Å². The maximum absolute atomic E-state index is 11.7. The smallest absolute Gasteiger partial charge is 0.338 e. The molecule has 0 aliphatic carbocycles. The van der Waals surface area contributed by atoms with Gasteiger partial charge in [0.15, 0.2) is 0 Å². The van der Waals surface area contributed by atoms with Crippen LogP contribution in [-0.4, -0.2) is 37.9 Å². The summed E-state index contributed by atoms with van der Waals surface area (Å²) < 4.78 is 10.6. The molecule has 1 aromatic carbocycles. The summed E-state index contributed by atoms with van der Waals surface area (Å²) in [5, 5.41) is 0. The minimum Gasteiger partial charge on any atom is -0.462 e. The third-order valence-corrected chi connectivity index (χ3v) is 3.46. The predicted molar refractivity (Wildman–Crippen MR) is 79.0 cm³/mol. The zero-order chi connectivity index (χ0) is 14.7. The molecule has 2 rings (SSSR count). The van der Waals surface area contributed by atoms with Gasteiger partial charge in [0.05, 0.1) is 36.3 Å². The first-order valence-corrected chi connectivity index (χ1v) is 6.97. The van der Waals surface area contributed by atoms with Crippen molar-refractivity contribution < 1.29 is 14.3 Å². The number of nitrogens with zero attached hydrogens (tertiary/aromatic N) is 1. The molecule has 1 aliphatic rings. The van der Waals surface area contributed by atoms with Crippen molar-refractivity contribution in [2.45, 2.75) is 32.9 Å². The molecule has 0 radical (unpaired) electrons. The van der Waals surface area contributed by atoms with Gasteiger partial charge in [-0.1, -0.05) is 0 Å². The van der Waals surface area contributed by atoms with Crippen LogP contribution in [0.1, 0.15) is 31.1 Å². The summed E-state index contributed by atoms with van der Waals surface area (Å²) in [5.41, 5.74) is 8.13. The first-order valence-electron chi connectivity index (χ1n) is 6.97. The van der Waals surface area contributed by atoms with E-state index in [2.05, 4.69) is 11.8 Å². The predicted octanol–water partition coefficient (Wildman–Crippen LogP) is 2.06. The molecule has 2 N–H and O–H groups in total. The van der Waals surface area contributed by atoms with Gasteiger partial charge in [0, 0.05) is 12.6 Å². The van der Waals surface area contributed by atoms with Crippen molar-refractivity contribution in [3.63, 3.8) is 0 Å². The molecule has 0 amide bonds. The topological polar surface area (TPSA) is 64.8 Å². The van der Waals surface area contributed by atoms with Gasteiger partial charge < -0.3 is 20.1 Å². The molecule has 20 heavy (non-hydrogen) atoms. The lowest BCUT2D eigenvalue weighted by Gasteiger charge is -2.39. The highest BCUT2D eigenvalue weighted by Gasteiger charge is 2.25. The van der Waals surface area contributed by atoms with Crippen LogP contribution in [0.4, 0.5) is 11.4 Å². The molecule has 1 saturated heterocycles. The van der Waals surface area contributed by atoms with Gasteiger partial charge in [-0.15, -0.1) is 0 Å². The Morgan fingerprint density at radius 1 is 1.50 bits per heavy atom. The second-order valence-corrected chi connectivity index (χ2v) is 5.14. The normalized spacial score (nSPS) is 22.6. The fraction of sp³-hybridized carbons (Fsp3) is 0.533. The lowest BCUT2D eigenvalue weighted by Crippen LogP contribution is -2.47. The fourth-order valence-electron chi connectivity index (χ4n) is 2.40. The van der Waals surface area contributed by atoms with Gasteiger partial charge in [-0.3, -0.25) is 0 Å². The largest absolute Gasteiger partial charge is 0.462 e. The lowest BCUT2D eigenvalue weighted by molar-refractivity contribution is 0.0344. The monoisotopic (exact) mass is 278 g/mol. The standard InChI is InChI=1S/C15H22N2O3/c1-4-19-15(18)12-5-6-14(13(16)7-12)17-8-11(3)20-9-10(17)2/h5-7,10-11H,4,8-9,16H2,1-3H3. The molecule has 1 heterocycles. The number of nitrogen functional groups attached to an aromatic ring is 1. The van der Waals surface area contributed by atoms with Crippen molar-refractivity contribution >= 4 is 17.3 Å². The number of carbonyl (C=O) groups excluding carboxylic acids is 1. The number of rotatable bonds is 3. The average molecular weight is 278 g/mol. The summed E-state index contributed by atoms with van der Waals surface area (Å²) in [5.74, 6) is -0.339.